The molecule has 8 nitrogen and oxygen atoms in total. The Morgan fingerprint density at radius 3 is 2.91 bits per heavy atom. The summed E-state index contributed by atoms with van der Waals surface area (Å²) < 4.78 is 2.97. The van der Waals surface area contributed by atoms with E-state index < -0.39 is 6.10 Å². The molecular weight excluding hydrogens is 531 g/mol. The van der Waals surface area contributed by atoms with Crippen LogP contribution in [0.4, 0.5) is 5.69 Å². The van der Waals surface area contributed by atoms with Crippen LogP contribution in [0.25, 0.3) is 28.1 Å². The van der Waals surface area contributed by atoms with E-state index in [1.807, 2.05) is 54.1 Å². The second kappa shape index (κ2) is 8.83. The molecule has 3 aromatic heterocycles. The lowest BCUT2D eigenvalue weighted by molar-refractivity contribution is 0.191. The summed E-state index contributed by atoms with van der Waals surface area (Å²) in [6, 6.07) is 13.5. The van der Waals surface area contributed by atoms with Crippen molar-refractivity contribution in [3.63, 3.8) is 0 Å². The Bertz CT molecular complexity index is 1490. The number of fused-ring (bicyclic) bond motifs is 1. The molecule has 4 N–H and O–H groups in total. The summed E-state index contributed by atoms with van der Waals surface area (Å²) in [7, 11) is 0. The summed E-state index contributed by atoms with van der Waals surface area (Å²) in [5.74, 6) is 0.462. The van der Waals surface area contributed by atoms with Gasteiger partial charge in [0.1, 0.15) is 11.4 Å². The summed E-state index contributed by atoms with van der Waals surface area (Å²) >= 11 is 2.22. The van der Waals surface area contributed by atoms with Gasteiger partial charge in [-0.15, -0.1) is 0 Å². The fraction of sp³-hybridized carbons (Fsp3) is 0.125. The Labute approximate surface area is 202 Å². The number of pyridine rings is 1. The van der Waals surface area contributed by atoms with E-state index in [1.165, 1.54) is 0 Å². The molecule has 0 aliphatic rings. The van der Waals surface area contributed by atoms with Gasteiger partial charge in [0, 0.05) is 34.4 Å². The van der Waals surface area contributed by atoms with Gasteiger partial charge in [-0.25, -0.2) is 9.97 Å². The summed E-state index contributed by atoms with van der Waals surface area (Å²) in [6.07, 6.45) is 6.20. The van der Waals surface area contributed by atoms with Crippen LogP contribution < -0.4 is 10.9 Å². The first-order valence-corrected chi connectivity index (χ1v) is 11.5. The molecule has 0 aliphatic carbocycles. The molecule has 166 valence electrons. The third-order valence-electron chi connectivity index (χ3n) is 5.48. The molecule has 0 saturated heterocycles. The van der Waals surface area contributed by atoms with Crippen LogP contribution in [0.15, 0.2) is 72.2 Å². The van der Waals surface area contributed by atoms with Crippen molar-refractivity contribution in [3.8, 4) is 17.1 Å². The summed E-state index contributed by atoms with van der Waals surface area (Å²) in [5, 5.41) is 13.8. The fourth-order valence-corrected chi connectivity index (χ4v) is 4.42. The molecular formula is C24H21IN6O2. The van der Waals surface area contributed by atoms with E-state index in [2.05, 4.69) is 42.9 Å². The Kier molecular flexibility index (Phi) is 5.73. The minimum atomic E-state index is -0.720. The number of benzene rings is 2. The molecule has 5 aromatic rings. The highest BCUT2D eigenvalue weighted by Crippen LogP contribution is 2.28. The van der Waals surface area contributed by atoms with Gasteiger partial charge in [0.15, 0.2) is 0 Å². The van der Waals surface area contributed by atoms with Crippen molar-refractivity contribution < 1.29 is 5.11 Å². The lowest BCUT2D eigenvalue weighted by Crippen LogP contribution is -2.17. The molecule has 0 radical (unpaired) electrons. The SMILES string of the molecule is Cc1cc(-n2ccnc2)cc2[nH]c(-c3c(NCC(O)c4cccc(I)c4)cc[nH]c3=O)nc12. The van der Waals surface area contributed by atoms with E-state index in [0.29, 0.717) is 17.1 Å². The molecule has 0 fully saturated rings. The zero-order valence-electron chi connectivity index (χ0n) is 17.7. The maximum atomic E-state index is 12.8. The number of aryl methyl sites for hydroxylation is 1. The minimum absolute atomic E-state index is 0.251. The Morgan fingerprint density at radius 1 is 1.24 bits per heavy atom. The van der Waals surface area contributed by atoms with Gasteiger partial charge in [0.05, 0.1) is 29.2 Å². The van der Waals surface area contributed by atoms with Crippen LogP contribution in [0.2, 0.25) is 0 Å². The van der Waals surface area contributed by atoms with E-state index in [9.17, 15) is 9.90 Å². The molecule has 0 saturated carbocycles. The van der Waals surface area contributed by atoms with Crippen LogP contribution in [-0.2, 0) is 0 Å². The zero-order chi connectivity index (χ0) is 22.9. The number of halogens is 1. The fourth-order valence-electron chi connectivity index (χ4n) is 3.85. The number of rotatable bonds is 6. The number of aliphatic hydroxyl groups excluding tert-OH is 1. The number of aliphatic hydroxyl groups is 1. The number of hydrogen-bond donors (Lipinski definition) is 4. The first-order chi connectivity index (χ1) is 16.0. The van der Waals surface area contributed by atoms with Gasteiger partial charge in [0.2, 0.25) is 0 Å². The maximum absolute atomic E-state index is 12.8. The predicted molar refractivity (Wildman–Crippen MR) is 137 cm³/mol. The highest BCUT2D eigenvalue weighted by molar-refractivity contribution is 14.1. The number of nitrogens with one attached hydrogen (secondary N) is 3. The van der Waals surface area contributed by atoms with Crippen LogP contribution in [0.5, 0.6) is 0 Å². The van der Waals surface area contributed by atoms with E-state index >= 15 is 0 Å². The van der Waals surface area contributed by atoms with E-state index in [0.717, 1.165) is 31.4 Å². The Balaban J connectivity index is 1.49. The van der Waals surface area contributed by atoms with Crippen molar-refractivity contribution in [3.05, 3.63) is 92.4 Å². The lowest BCUT2D eigenvalue weighted by atomic mass is 10.1. The van der Waals surface area contributed by atoms with Crippen molar-refractivity contribution in [2.75, 3.05) is 11.9 Å². The number of hydrogen-bond acceptors (Lipinski definition) is 5. The van der Waals surface area contributed by atoms with Crippen molar-refractivity contribution in [1.82, 2.24) is 24.5 Å². The number of nitrogens with zero attached hydrogens (tertiary/aromatic N) is 3. The van der Waals surface area contributed by atoms with Crippen LogP contribution in [0.1, 0.15) is 17.2 Å². The standard InChI is InChI=1S/C24H21IN6O2/c1-14-9-17(31-8-7-26-13-31)11-19-22(14)30-23(29-19)21-18(5-6-27-24(21)33)28-12-20(32)15-3-2-4-16(25)10-15/h2-11,13,20,32H,12H2,1H3,(H,29,30)(H2,27,28,33). The Morgan fingerprint density at radius 2 is 2.12 bits per heavy atom. The number of imidazole rings is 2. The molecule has 1 atom stereocenters. The van der Waals surface area contributed by atoms with Crippen molar-refractivity contribution in [2.45, 2.75) is 13.0 Å². The molecule has 0 amide bonds. The van der Waals surface area contributed by atoms with Gasteiger partial charge < -0.3 is 25.0 Å². The topological polar surface area (TPSA) is 112 Å². The quantitative estimate of drug-likeness (QED) is 0.237. The molecule has 5 rings (SSSR count). The molecule has 33 heavy (non-hydrogen) atoms. The maximum Gasteiger partial charge on any atom is 0.261 e. The number of aromatic nitrogens is 5. The highest BCUT2D eigenvalue weighted by Gasteiger charge is 2.17. The number of H-pyrrole nitrogens is 2. The normalized spacial score (nSPS) is 12.2. The van der Waals surface area contributed by atoms with Crippen molar-refractivity contribution >= 4 is 39.3 Å². The Hall–Kier alpha value is -3.44. The summed E-state index contributed by atoms with van der Waals surface area (Å²) in [4.78, 5) is 27.6. The van der Waals surface area contributed by atoms with Gasteiger partial charge in [-0.05, 0) is 71.0 Å². The first-order valence-electron chi connectivity index (χ1n) is 10.4. The molecule has 2 aromatic carbocycles. The van der Waals surface area contributed by atoms with E-state index in [1.54, 1.807) is 24.8 Å². The summed E-state index contributed by atoms with van der Waals surface area (Å²) in [5.41, 5.74) is 5.08. The van der Waals surface area contributed by atoms with E-state index in [-0.39, 0.29) is 12.1 Å². The lowest BCUT2D eigenvalue weighted by Gasteiger charge is -2.15. The molecule has 0 bridgehead atoms. The largest absolute Gasteiger partial charge is 0.387 e. The van der Waals surface area contributed by atoms with Crippen LogP contribution in [0, 0.1) is 10.5 Å². The van der Waals surface area contributed by atoms with Gasteiger partial charge in [-0.1, -0.05) is 12.1 Å². The van der Waals surface area contributed by atoms with Crippen molar-refractivity contribution in [2.24, 2.45) is 0 Å². The second-order valence-electron chi connectivity index (χ2n) is 7.76. The average molecular weight is 552 g/mol. The second-order valence-corrected chi connectivity index (χ2v) is 9.01. The van der Waals surface area contributed by atoms with E-state index in [4.69, 9.17) is 4.98 Å². The van der Waals surface area contributed by atoms with Crippen LogP contribution in [-0.4, -0.2) is 36.2 Å². The zero-order valence-corrected chi connectivity index (χ0v) is 19.9. The average Bonchev–Trinajstić information content (AvgIpc) is 3.48. The van der Waals surface area contributed by atoms with Gasteiger partial charge >= 0.3 is 0 Å². The molecule has 1 unspecified atom stereocenters. The van der Waals surface area contributed by atoms with Crippen LogP contribution in [0.3, 0.4) is 0 Å². The van der Waals surface area contributed by atoms with Gasteiger partial charge in [-0.2, -0.15) is 0 Å². The highest BCUT2D eigenvalue weighted by atomic mass is 127. The smallest absolute Gasteiger partial charge is 0.261 e. The van der Waals surface area contributed by atoms with Gasteiger partial charge in [-0.3, -0.25) is 4.79 Å². The molecule has 9 heteroatoms. The predicted octanol–water partition coefficient (Wildman–Crippen LogP) is 4.16. The third kappa shape index (κ3) is 4.29. The van der Waals surface area contributed by atoms with Crippen LogP contribution >= 0.6 is 22.6 Å². The summed E-state index contributed by atoms with van der Waals surface area (Å²) in [6.45, 7) is 2.24. The third-order valence-corrected chi connectivity index (χ3v) is 6.15. The van der Waals surface area contributed by atoms with Crippen molar-refractivity contribution in [1.29, 1.82) is 0 Å². The van der Waals surface area contributed by atoms with Gasteiger partial charge in [0.25, 0.3) is 5.56 Å². The molecule has 0 aliphatic heterocycles. The molecule has 0 spiro atoms. The number of aromatic amines is 2. The minimum Gasteiger partial charge on any atom is -0.387 e. The first kappa shape index (κ1) is 21.4. The molecule has 3 heterocycles. The number of anilines is 1. The monoisotopic (exact) mass is 552 g/mol.